The molecule has 0 aliphatic heterocycles. The fourth-order valence-electron chi connectivity index (χ4n) is 1.79. The Morgan fingerprint density at radius 2 is 1.65 bits per heavy atom. The summed E-state index contributed by atoms with van der Waals surface area (Å²) in [6.07, 6.45) is 0. The van der Waals surface area contributed by atoms with Gasteiger partial charge in [0.1, 0.15) is 0 Å². The Kier molecular flexibility index (Phi) is 4.25. The molecule has 20 heavy (non-hydrogen) atoms. The average Bonchev–Trinajstić information content (AvgIpc) is 2.38. The minimum absolute atomic E-state index is 0.100. The van der Waals surface area contributed by atoms with Gasteiger partial charge < -0.3 is 10.2 Å². The summed E-state index contributed by atoms with van der Waals surface area (Å²) in [5.41, 5.74) is 1.50. The highest BCUT2D eigenvalue weighted by atomic mass is 79.9. The maximum Gasteiger partial charge on any atom is 0.338 e. The normalized spacial score (nSPS) is 10.3. The van der Waals surface area contributed by atoms with Crippen LogP contribution in [0.1, 0.15) is 20.7 Å². The lowest BCUT2D eigenvalue weighted by atomic mass is 10.0. The Balaban J connectivity index is 2.65. The maximum absolute atomic E-state index is 11.2. The van der Waals surface area contributed by atoms with Gasteiger partial charge >= 0.3 is 11.9 Å². The molecule has 0 atom stereocenters. The molecule has 2 aromatic rings. The fraction of sp³-hybridized carbons (Fsp3) is 0. The molecule has 6 heteroatoms. The van der Waals surface area contributed by atoms with Gasteiger partial charge in [-0.3, -0.25) is 0 Å². The zero-order valence-electron chi connectivity index (χ0n) is 9.93. The predicted molar refractivity (Wildman–Crippen MR) is 81.2 cm³/mol. The minimum atomic E-state index is -1.07. The van der Waals surface area contributed by atoms with Crippen molar-refractivity contribution in [2.75, 3.05) is 0 Å². The molecule has 0 aliphatic carbocycles. The first-order chi connectivity index (χ1) is 9.41. The third-order valence-corrected chi connectivity index (χ3v) is 4.21. The van der Waals surface area contributed by atoms with Crippen molar-refractivity contribution in [1.29, 1.82) is 0 Å². The number of carboxylic acid groups (broad SMARTS) is 2. The number of aromatic carboxylic acids is 2. The van der Waals surface area contributed by atoms with Crippen LogP contribution in [-0.4, -0.2) is 22.2 Å². The van der Waals surface area contributed by atoms with Gasteiger partial charge in [-0.05, 0) is 61.2 Å². The summed E-state index contributed by atoms with van der Waals surface area (Å²) < 4.78 is 0.858. The molecule has 2 N–H and O–H groups in total. The Bertz CT molecular complexity index is 710. The molecular weight excluding hydrogens is 392 g/mol. The number of hydrogen-bond acceptors (Lipinski definition) is 2. The van der Waals surface area contributed by atoms with Crippen molar-refractivity contribution in [1.82, 2.24) is 0 Å². The van der Waals surface area contributed by atoms with Crippen LogP contribution in [0.2, 0.25) is 0 Å². The summed E-state index contributed by atoms with van der Waals surface area (Å²) in [5, 5.41) is 18.2. The Hall–Kier alpha value is -1.66. The first-order valence-electron chi connectivity index (χ1n) is 5.47. The van der Waals surface area contributed by atoms with E-state index in [0.717, 1.165) is 0 Å². The van der Waals surface area contributed by atoms with E-state index in [-0.39, 0.29) is 11.1 Å². The van der Waals surface area contributed by atoms with E-state index in [1.807, 2.05) is 0 Å². The summed E-state index contributed by atoms with van der Waals surface area (Å²) >= 11 is 6.46. The van der Waals surface area contributed by atoms with Crippen LogP contribution in [0.15, 0.2) is 45.3 Å². The van der Waals surface area contributed by atoms with Crippen LogP contribution in [0, 0.1) is 0 Å². The third kappa shape index (κ3) is 2.76. The predicted octanol–water partition coefficient (Wildman–Crippen LogP) is 4.28. The van der Waals surface area contributed by atoms with Crippen molar-refractivity contribution in [2.24, 2.45) is 0 Å². The standard InChI is InChI=1S/C14H8Br2O4/c15-10-5-4-9(12(16)11(10)14(19)20)7-2-1-3-8(6-7)13(17)18/h1-6H,(H,17,18)(H,19,20). The van der Waals surface area contributed by atoms with Gasteiger partial charge in [-0.25, -0.2) is 9.59 Å². The molecule has 0 amide bonds. The summed E-state index contributed by atoms with van der Waals surface area (Å²) in [6.45, 7) is 0. The first-order valence-corrected chi connectivity index (χ1v) is 7.05. The minimum Gasteiger partial charge on any atom is -0.478 e. The van der Waals surface area contributed by atoms with Gasteiger partial charge in [0.15, 0.2) is 0 Å². The monoisotopic (exact) mass is 398 g/mol. The number of benzene rings is 2. The molecule has 2 aromatic carbocycles. The molecule has 4 nitrogen and oxygen atoms in total. The quantitative estimate of drug-likeness (QED) is 0.807. The van der Waals surface area contributed by atoms with Crippen molar-refractivity contribution < 1.29 is 19.8 Å². The highest BCUT2D eigenvalue weighted by Crippen LogP contribution is 2.35. The Morgan fingerprint density at radius 1 is 0.950 bits per heavy atom. The molecule has 0 aliphatic rings. The largest absolute Gasteiger partial charge is 0.478 e. The SMILES string of the molecule is O=C(O)c1cccc(-c2ccc(Br)c(C(=O)O)c2Br)c1. The van der Waals surface area contributed by atoms with Gasteiger partial charge in [0.2, 0.25) is 0 Å². The molecule has 0 aromatic heterocycles. The maximum atomic E-state index is 11.2. The summed E-state index contributed by atoms with van der Waals surface area (Å²) in [6, 6.07) is 9.68. The molecule has 0 heterocycles. The number of rotatable bonds is 3. The van der Waals surface area contributed by atoms with Crippen LogP contribution in [0.5, 0.6) is 0 Å². The molecule has 0 radical (unpaired) electrons. The molecule has 0 spiro atoms. The third-order valence-electron chi connectivity index (χ3n) is 2.73. The van der Waals surface area contributed by atoms with E-state index in [0.29, 0.717) is 20.1 Å². The van der Waals surface area contributed by atoms with Crippen LogP contribution < -0.4 is 0 Å². The van der Waals surface area contributed by atoms with Crippen molar-refractivity contribution in [3.8, 4) is 11.1 Å². The first kappa shape index (κ1) is 14.7. The van der Waals surface area contributed by atoms with E-state index < -0.39 is 11.9 Å². The van der Waals surface area contributed by atoms with Crippen molar-refractivity contribution in [2.45, 2.75) is 0 Å². The van der Waals surface area contributed by atoms with Gasteiger partial charge in [-0.15, -0.1) is 0 Å². The van der Waals surface area contributed by atoms with Gasteiger partial charge in [-0.2, -0.15) is 0 Å². The van der Waals surface area contributed by atoms with E-state index in [2.05, 4.69) is 31.9 Å². The average molecular weight is 400 g/mol. The molecule has 0 saturated carbocycles. The Morgan fingerprint density at radius 3 is 2.25 bits per heavy atom. The summed E-state index contributed by atoms with van der Waals surface area (Å²) in [5.74, 6) is -2.10. The smallest absolute Gasteiger partial charge is 0.338 e. The highest BCUT2D eigenvalue weighted by molar-refractivity contribution is 9.11. The van der Waals surface area contributed by atoms with E-state index >= 15 is 0 Å². The second-order valence-corrected chi connectivity index (χ2v) is 5.62. The lowest BCUT2D eigenvalue weighted by Gasteiger charge is -2.10. The van der Waals surface area contributed by atoms with Crippen molar-refractivity contribution >= 4 is 43.8 Å². The lowest BCUT2D eigenvalue weighted by Crippen LogP contribution is -2.01. The second-order valence-electron chi connectivity index (χ2n) is 3.98. The number of carbonyl (C=O) groups is 2. The topological polar surface area (TPSA) is 74.6 Å². The van der Waals surface area contributed by atoms with Crippen LogP contribution in [0.3, 0.4) is 0 Å². The number of hydrogen-bond donors (Lipinski definition) is 2. The molecular formula is C14H8Br2O4. The van der Waals surface area contributed by atoms with Crippen LogP contribution in [0.4, 0.5) is 0 Å². The second kappa shape index (κ2) is 5.76. The van der Waals surface area contributed by atoms with Gasteiger partial charge in [-0.1, -0.05) is 18.2 Å². The van der Waals surface area contributed by atoms with Gasteiger partial charge in [0.05, 0.1) is 11.1 Å². The lowest BCUT2D eigenvalue weighted by molar-refractivity contribution is 0.0685. The molecule has 102 valence electrons. The fourth-order valence-corrected chi connectivity index (χ4v) is 3.30. The number of halogens is 2. The molecule has 0 fully saturated rings. The van der Waals surface area contributed by atoms with Crippen LogP contribution in [-0.2, 0) is 0 Å². The summed E-state index contributed by atoms with van der Waals surface area (Å²) in [4.78, 5) is 22.2. The van der Waals surface area contributed by atoms with Gasteiger partial charge in [0.25, 0.3) is 0 Å². The molecule has 2 rings (SSSR count). The van der Waals surface area contributed by atoms with Crippen molar-refractivity contribution in [3.63, 3.8) is 0 Å². The molecule has 0 saturated heterocycles. The van der Waals surface area contributed by atoms with E-state index in [9.17, 15) is 14.7 Å². The number of carboxylic acids is 2. The molecule has 0 bridgehead atoms. The summed E-state index contributed by atoms with van der Waals surface area (Å²) in [7, 11) is 0. The van der Waals surface area contributed by atoms with E-state index in [4.69, 9.17) is 5.11 Å². The molecule has 0 unspecified atom stereocenters. The van der Waals surface area contributed by atoms with E-state index in [1.165, 1.54) is 12.1 Å². The van der Waals surface area contributed by atoms with Gasteiger partial charge in [0, 0.05) is 8.95 Å². The zero-order chi connectivity index (χ0) is 14.9. The zero-order valence-corrected chi connectivity index (χ0v) is 13.1. The van der Waals surface area contributed by atoms with Crippen LogP contribution in [0.25, 0.3) is 11.1 Å². The van der Waals surface area contributed by atoms with Crippen LogP contribution >= 0.6 is 31.9 Å². The van der Waals surface area contributed by atoms with Crippen molar-refractivity contribution in [3.05, 3.63) is 56.5 Å². The van der Waals surface area contributed by atoms with E-state index in [1.54, 1.807) is 24.3 Å². The highest BCUT2D eigenvalue weighted by Gasteiger charge is 2.17. The Labute approximate surface area is 131 Å².